The van der Waals surface area contributed by atoms with Crippen molar-refractivity contribution >= 4 is 57.3 Å². The van der Waals surface area contributed by atoms with E-state index in [9.17, 15) is 19.2 Å². The molecule has 10 nitrogen and oxygen atoms in total. The molecule has 41 heavy (non-hydrogen) atoms. The van der Waals surface area contributed by atoms with Gasteiger partial charge < -0.3 is 25.7 Å². The van der Waals surface area contributed by atoms with Gasteiger partial charge >= 0.3 is 0 Å². The molecule has 2 aromatic heterocycles. The van der Waals surface area contributed by atoms with Crippen molar-refractivity contribution in [2.75, 3.05) is 13.7 Å². The molecule has 1 aliphatic carbocycles. The molecule has 1 aliphatic heterocycles. The Labute approximate surface area is 247 Å². The van der Waals surface area contributed by atoms with Crippen LogP contribution in [0.15, 0.2) is 29.6 Å². The maximum absolute atomic E-state index is 13.8. The van der Waals surface area contributed by atoms with E-state index in [4.69, 9.17) is 16.3 Å². The highest BCUT2D eigenvalue weighted by Gasteiger charge is 2.35. The zero-order chi connectivity index (χ0) is 28.9. The van der Waals surface area contributed by atoms with Crippen molar-refractivity contribution in [1.29, 1.82) is 0 Å². The van der Waals surface area contributed by atoms with E-state index in [2.05, 4.69) is 25.9 Å². The molecule has 4 N–H and O–H groups in total. The number of benzene rings is 1. The minimum Gasteiger partial charge on any atom is -0.496 e. The molecule has 1 saturated carbocycles. The van der Waals surface area contributed by atoms with Gasteiger partial charge in [-0.05, 0) is 43.4 Å². The first kappa shape index (κ1) is 29.1. The number of fused-ring (bicyclic) bond motifs is 1. The highest BCUT2D eigenvalue weighted by atomic mass is 35.5. The van der Waals surface area contributed by atoms with Gasteiger partial charge in [-0.15, -0.1) is 11.3 Å². The van der Waals surface area contributed by atoms with E-state index in [0.29, 0.717) is 30.8 Å². The number of amides is 3. The number of ketones is 1. The Morgan fingerprint density at radius 1 is 1.12 bits per heavy atom. The summed E-state index contributed by atoms with van der Waals surface area (Å²) in [6, 6.07) is 5.34. The van der Waals surface area contributed by atoms with Crippen LogP contribution in [0, 0.1) is 11.8 Å². The molecule has 1 saturated heterocycles. The maximum atomic E-state index is 13.8. The van der Waals surface area contributed by atoms with Gasteiger partial charge in [0.25, 0.3) is 5.91 Å². The van der Waals surface area contributed by atoms with E-state index in [1.54, 1.807) is 18.6 Å². The fourth-order valence-corrected chi connectivity index (χ4v) is 6.77. The number of thiazole rings is 1. The van der Waals surface area contributed by atoms with Crippen LogP contribution in [-0.2, 0) is 9.59 Å². The normalized spacial score (nSPS) is 19.0. The predicted molar refractivity (Wildman–Crippen MR) is 156 cm³/mol. The number of rotatable bonds is 11. The monoisotopic (exact) mass is 599 g/mol. The molecular weight excluding hydrogens is 566 g/mol. The summed E-state index contributed by atoms with van der Waals surface area (Å²) in [7, 11) is 1.57. The van der Waals surface area contributed by atoms with Crippen LogP contribution in [0.3, 0.4) is 0 Å². The standard InChI is InChI=1S/C29H34ClN5O5S/c1-40-23-9-5-8-19-18(23)14-22(32-19)28(39)34-21(12-16-6-3-2-4-7-16)27(38)33-20(13-17-10-11-31-26(17)37)25(36)29-35-24(30)15-41-29/h5,8-9,14-17,20-21,32H,2-4,6-7,10-13H2,1H3,(H,31,37)(H,33,38)(H,34,39)/t17-,20+,21+/m0/s1. The van der Waals surface area contributed by atoms with Crippen LogP contribution in [0.25, 0.3) is 10.9 Å². The number of halogens is 1. The van der Waals surface area contributed by atoms with Crippen LogP contribution in [0.2, 0.25) is 5.15 Å². The number of aromatic nitrogens is 2. The first-order valence-electron chi connectivity index (χ1n) is 14.0. The molecule has 2 aliphatic rings. The average Bonchev–Trinajstić information content (AvgIpc) is 3.72. The number of hydrogen-bond donors (Lipinski definition) is 4. The minimum absolute atomic E-state index is 0.138. The Morgan fingerprint density at radius 3 is 2.61 bits per heavy atom. The smallest absolute Gasteiger partial charge is 0.268 e. The van der Waals surface area contributed by atoms with Crippen LogP contribution < -0.4 is 20.7 Å². The first-order valence-corrected chi connectivity index (χ1v) is 15.3. The van der Waals surface area contributed by atoms with Crippen molar-refractivity contribution in [3.63, 3.8) is 0 Å². The topological polar surface area (TPSA) is 142 Å². The molecule has 0 bridgehead atoms. The number of carbonyl (C=O) groups excluding carboxylic acids is 4. The molecule has 5 rings (SSSR count). The lowest BCUT2D eigenvalue weighted by Crippen LogP contribution is -2.53. The summed E-state index contributed by atoms with van der Waals surface area (Å²) in [5.74, 6) is -0.937. The Morgan fingerprint density at radius 2 is 1.93 bits per heavy atom. The highest BCUT2D eigenvalue weighted by molar-refractivity contribution is 7.12. The van der Waals surface area contributed by atoms with Gasteiger partial charge in [0.2, 0.25) is 17.6 Å². The lowest BCUT2D eigenvalue weighted by Gasteiger charge is -2.28. The second kappa shape index (κ2) is 13.0. The van der Waals surface area contributed by atoms with E-state index < -0.39 is 35.6 Å². The lowest BCUT2D eigenvalue weighted by atomic mass is 9.84. The molecule has 3 atom stereocenters. The molecule has 3 amide bonds. The van der Waals surface area contributed by atoms with Gasteiger partial charge in [-0.2, -0.15) is 0 Å². The average molecular weight is 600 g/mol. The number of Topliss-reactive ketones (excluding diaryl/α,β-unsaturated/α-hetero) is 1. The van der Waals surface area contributed by atoms with Gasteiger partial charge in [0.1, 0.15) is 22.6 Å². The lowest BCUT2D eigenvalue weighted by molar-refractivity contribution is -0.125. The number of H-pyrrole nitrogens is 1. The SMILES string of the molecule is COc1cccc2[nH]c(C(=O)N[C@H](CC3CCCCC3)C(=O)N[C@H](C[C@@H]3CCNC3=O)C(=O)c3nc(Cl)cs3)cc12. The second-order valence-corrected chi connectivity index (χ2v) is 12.0. The van der Waals surface area contributed by atoms with Gasteiger partial charge in [-0.1, -0.05) is 49.8 Å². The van der Waals surface area contributed by atoms with Gasteiger partial charge in [0, 0.05) is 28.7 Å². The zero-order valence-electron chi connectivity index (χ0n) is 22.8. The van der Waals surface area contributed by atoms with Crippen LogP contribution in [0.4, 0.5) is 0 Å². The van der Waals surface area contributed by atoms with Crippen LogP contribution in [0.1, 0.15) is 71.7 Å². The third-order valence-corrected chi connectivity index (χ3v) is 9.19. The minimum atomic E-state index is -0.985. The summed E-state index contributed by atoms with van der Waals surface area (Å²) >= 11 is 7.06. The summed E-state index contributed by atoms with van der Waals surface area (Å²) in [6.45, 7) is 0.525. The highest BCUT2D eigenvalue weighted by Crippen LogP contribution is 2.29. The van der Waals surface area contributed by atoms with Crippen LogP contribution in [-0.4, -0.2) is 59.2 Å². The van der Waals surface area contributed by atoms with E-state index >= 15 is 0 Å². The summed E-state index contributed by atoms with van der Waals surface area (Å²) in [6.07, 6.45) is 6.44. The van der Waals surface area contributed by atoms with E-state index in [0.717, 1.165) is 54.3 Å². The molecular formula is C29H34ClN5O5S. The summed E-state index contributed by atoms with van der Waals surface area (Å²) in [4.78, 5) is 60.2. The molecule has 1 aromatic carbocycles. The third kappa shape index (κ3) is 6.90. The van der Waals surface area contributed by atoms with Crippen LogP contribution >= 0.6 is 22.9 Å². The van der Waals surface area contributed by atoms with Crippen molar-refractivity contribution in [2.24, 2.45) is 11.8 Å². The quantitative estimate of drug-likeness (QED) is 0.243. The molecule has 12 heteroatoms. The largest absolute Gasteiger partial charge is 0.496 e. The van der Waals surface area contributed by atoms with Gasteiger partial charge in [-0.3, -0.25) is 19.2 Å². The second-order valence-electron chi connectivity index (χ2n) is 10.8. The van der Waals surface area contributed by atoms with E-state index in [1.807, 2.05) is 18.2 Å². The first-order chi connectivity index (χ1) is 19.8. The Balaban J connectivity index is 1.37. The summed E-state index contributed by atoms with van der Waals surface area (Å²) in [5, 5.41) is 11.3. The number of nitrogens with zero attached hydrogens (tertiary/aromatic N) is 1. The number of hydrogen-bond acceptors (Lipinski definition) is 7. The number of carbonyl (C=O) groups is 4. The summed E-state index contributed by atoms with van der Waals surface area (Å²) in [5.41, 5.74) is 1.05. The van der Waals surface area contributed by atoms with Crippen molar-refractivity contribution < 1.29 is 23.9 Å². The van der Waals surface area contributed by atoms with Crippen molar-refractivity contribution in [3.05, 3.63) is 45.5 Å². The van der Waals surface area contributed by atoms with Crippen LogP contribution in [0.5, 0.6) is 5.75 Å². The summed E-state index contributed by atoms with van der Waals surface area (Å²) < 4.78 is 5.42. The molecule has 0 spiro atoms. The van der Waals surface area contributed by atoms with E-state index in [1.165, 1.54) is 0 Å². The predicted octanol–water partition coefficient (Wildman–Crippen LogP) is 4.25. The zero-order valence-corrected chi connectivity index (χ0v) is 24.4. The molecule has 3 aromatic rings. The Kier molecular flexibility index (Phi) is 9.24. The van der Waals surface area contributed by atoms with Gasteiger partial charge in [0.05, 0.1) is 13.2 Å². The Hall–Kier alpha value is -3.44. The third-order valence-electron chi connectivity index (χ3n) is 8.01. The Bertz CT molecular complexity index is 1430. The fourth-order valence-electron chi connectivity index (χ4n) is 5.83. The molecule has 2 fully saturated rings. The number of aromatic amines is 1. The maximum Gasteiger partial charge on any atom is 0.268 e. The van der Waals surface area contributed by atoms with Crippen molar-refractivity contribution in [1.82, 2.24) is 25.9 Å². The number of nitrogens with one attached hydrogen (secondary N) is 4. The molecule has 0 radical (unpaired) electrons. The molecule has 218 valence electrons. The molecule has 3 heterocycles. The fraction of sp³-hybridized carbons (Fsp3) is 0.483. The van der Waals surface area contributed by atoms with Crippen molar-refractivity contribution in [2.45, 2.75) is 63.5 Å². The van der Waals surface area contributed by atoms with Gasteiger partial charge in [-0.25, -0.2) is 4.98 Å². The number of ether oxygens (including phenoxy) is 1. The molecule has 0 unspecified atom stereocenters. The van der Waals surface area contributed by atoms with Gasteiger partial charge in [0.15, 0.2) is 5.01 Å². The van der Waals surface area contributed by atoms with Crippen molar-refractivity contribution in [3.8, 4) is 5.75 Å². The van der Waals surface area contributed by atoms with E-state index in [-0.39, 0.29) is 28.4 Å². The number of methoxy groups -OCH3 is 1.